The average molecular weight is 336 g/mol. The van der Waals surface area contributed by atoms with Gasteiger partial charge in [0.25, 0.3) is 0 Å². The van der Waals surface area contributed by atoms with E-state index in [0.717, 1.165) is 36.9 Å². The lowest BCUT2D eigenvalue weighted by atomic mass is 10.1. The van der Waals surface area contributed by atoms with E-state index >= 15 is 0 Å². The van der Waals surface area contributed by atoms with Crippen LogP contribution in [-0.2, 0) is 6.54 Å². The maximum absolute atomic E-state index is 4.84. The molecule has 0 amide bonds. The van der Waals surface area contributed by atoms with Crippen LogP contribution in [0.25, 0.3) is 10.6 Å². The molecule has 1 aromatic carbocycles. The number of thiazole rings is 1. The molecule has 3 heterocycles. The molecule has 0 spiro atoms. The minimum Gasteiger partial charge on any atom is -0.314 e. The molecule has 0 aliphatic carbocycles. The van der Waals surface area contributed by atoms with E-state index in [1.165, 1.54) is 11.1 Å². The summed E-state index contributed by atoms with van der Waals surface area (Å²) in [6.07, 6.45) is 3.80. The van der Waals surface area contributed by atoms with Crippen molar-refractivity contribution < 1.29 is 0 Å². The van der Waals surface area contributed by atoms with E-state index in [0.29, 0.717) is 6.04 Å². The summed E-state index contributed by atoms with van der Waals surface area (Å²) in [6, 6.07) is 14.9. The van der Waals surface area contributed by atoms with Crippen LogP contribution in [-0.4, -0.2) is 34.5 Å². The van der Waals surface area contributed by atoms with Crippen molar-refractivity contribution in [2.45, 2.75) is 12.6 Å². The summed E-state index contributed by atoms with van der Waals surface area (Å²) in [5, 5.41) is 6.77. The van der Waals surface area contributed by atoms with Crippen LogP contribution in [0.3, 0.4) is 0 Å². The fourth-order valence-corrected chi connectivity index (χ4v) is 3.96. The van der Waals surface area contributed by atoms with Crippen molar-refractivity contribution in [2.24, 2.45) is 0 Å². The minimum absolute atomic E-state index is 0.356. The number of piperazine rings is 1. The van der Waals surface area contributed by atoms with Crippen molar-refractivity contribution in [3.05, 3.63) is 71.5 Å². The van der Waals surface area contributed by atoms with E-state index in [-0.39, 0.29) is 0 Å². The Morgan fingerprint density at radius 2 is 2.08 bits per heavy atom. The molecule has 1 unspecified atom stereocenters. The molecule has 1 fully saturated rings. The van der Waals surface area contributed by atoms with Crippen molar-refractivity contribution in [2.75, 3.05) is 19.6 Å². The summed E-state index contributed by atoms with van der Waals surface area (Å²) >= 11 is 1.72. The molecule has 1 N–H and O–H groups in total. The highest BCUT2D eigenvalue weighted by Crippen LogP contribution is 2.27. The highest BCUT2D eigenvalue weighted by molar-refractivity contribution is 7.13. The van der Waals surface area contributed by atoms with Crippen LogP contribution in [0.1, 0.15) is 17.3 Å². The predicted octanol–water partition coefficient (Wildman–Crippen LogP) is 3.35. The third kappa shape index (κ3) is 3.38. The topological polar surface area (TPSA) is 41.1 Å². The van der Waals surface area contributed by atoms with Gasteiger partial charge in [0.2, 0.25) is 0 Å². The molecule has 0 bridgehead atoms. The summed E-state index contributed by atoms with van der Waals surface area (Å²) < 4.78 is 0. The van der Waals surface area contributed by atoms with Gasteiger partial charge < -0.3 is 5.32 Å². The largest absolute Gasteiger partial charge is 0.314 e. The molecule has 122 valence electrons. The van der Waals surface area contributed by atoms with Crippen LogP contribution in [0.2, 0.25) is 0 Å². The molecular formula is C19H20N4S. The Hall–Kier alpha value is -2.08. The molecule has 2 aromatic heterocycles. The molecule has 0 saturated carbocycles. The zero-order chi connectivity index (χ0) is 16.2. The van der Waals surface area contributed by atoms with Gasteiger partial charge in [-0.2, -0.15) is 0 Å². The van der Waals surface area contributed by atoms with Crippen molar-refractivity contribution in [3.63, 3.8) is 0 Å². The molecule has 0 radical (unpaired) electrons. The number of nitrogens with zero attached hydrogens (tertiary/aromatic N) is 3. The predicted molar refractivity (Wildman–Crippen MR) is 97.8 cm³/mol. The molecule has 1 aliphatic heterocycles. The Morgan fingerprint density at radius 3 is 2.92 bits per heavy atom. The van der Waals surface area contributed by atoms with Gasteiger partial charge >= 0.3 is 0 Å². The van der Waals surface area contributed by atoms with Crippen LogP contribution < -0.4 is 5.32 Å². The summed E-state index contributed by atoms with van der Waals surface area (Å²) in [6.45, 7) is 3.89. The first kappa shape index (κ1) is 15.4. The molecule has 4 rings (SSSR count). The zero-order valence-electron chi connectivity index (χ0n) is 13.4. The number of rotatable bonds is 4. The first-order valence-electron chi connectivity index (χ1n) is 8.25. The van der Waals surface area contributed by atoms with Gasteiger partial charge in [-0.3, -0.25) is 9.88 Å². The van der Waals surface area contributed by atoms with Crippen LogP contribution >= 0.6 is 11.3 Å². The fourth-order valence-electron chi connectivity index (χ4n) is 3.14. The number of aromatic nitrogens is 2. The monoisotopic (exact) mass is 336 g/mol. The van der Waals surface area contributed by atoms with Crippen molar-refractivity contribution >= 4 is 11.3 Å². The number of nitrogens with one attached hydrogen (secondary N) is 1. The lowest BCUT2D eigenvalue weighted by molar-refractivity contribution is 0.152. The molecule has 5 heteroatoms. The first-order valence-corrected chi connectivity index (χ1v) is 9.12. The summed E-state index contributed by atoms with van der Waals surface area (Å²) in [7, 11) is 0. The Labute approximate surface area is 146 Å². The second-order valence-corrected chi connectivity index (χ2v) is 6.84. The van der Waals surface area contributed by atoms with Gasteiger partial charge in [0, 0.05) is 55.6 Å². The van der Waals surface area contributed by atoms with Crippen molar-refractivity contribution in [3.8, 4) is 10.6 Å². The van der Waals surface area contributed by atoms with Crippen LogP contribution in [0, 0.1) is 0 Å². The Balaban J connectivity index is 1.52. The molecule has 3 aromatic rings. The molecular weight excluding hydrogens is 316 g/mol. The maximum atomic E-state index is 4.84. The number of hydrogen-bond donors (Lipinski definition) is 1. The van der Waals surface area contributed by atoms with E-state index in [1.54, 1.807) is 11.3 Å². The fraction of sp³-hybridized carbons (Fsp3) is 0.263. The average Bonchev–Trinajstić information content (AvgIpc) is 3.12. The quantitative estimate of drug-likeness (QED) is 0.793. The normalized spacial score (nSPS) is 18.6. The van der Waals surface area contributed by atoms with E-state index in [9.17, 15) is 0 Å². The van der Waals surface area contributed by atoms with Gasteiger partial charge in [-0.15, -0.1) is 11.3 Å². The zero-order valence-corrected chi connectivity index (χ0v) is 14.2. The molecule has 1 atom stereocenters. The molecule has 1 saturated heterocycles. The van der Waals surface area contributed by atoms with Gasteiger partial charge in [0.05, 0.1) is 5.69 Å². The highest BCUT2D eigenvalue weighted by atomic mass is 32.1. The lowest BCUT2D eigenvalue weighted by Crippen LogP contribution is -2.45. The van der Waals surface area contributed by atoms with E-state index in [2.05, 4.69) is 50.9 Å². The smallest absolute Gasteiger partial charge is 0.123 e. The van der Waals surface area contributed by atoms with Crippen LogP contribution in [0.4, 0.5) is 0 Å². The molecule has 4 nitrogen and oxygen atoms in total. The number of hydrogen-bond acceptors (Lipinski definition) is 5. The summed E-state index contributed by atoms with van der Waals surface area (Å²) in [5.41, 5.74) is 3.61. The Bertz CT molecular complexity index is 772. The lowest BCUT2D eigenvalue weighted by Gasteiger charge is -2.35. The molecule has 1 aliphatic rings. The number of pyridine rings is 1. The second kappa shape index (κ2) is 7.21. The minimum atomic E-state index is 0.356. The molecule has 24 heavy (non-hydrogen) atoms. The standard InChI is InChI=1S/C19H20N4S/c1-2-5-15(6-3-1)19-22-17(14-24-19)13-23-10-9-21-12-18(23)16-7-4-8-20-11-16/h1-8,11,14,18,21H,9-10,12-13H2. The second-order valence-electron chi connectivity index (χ2n) is 5.99. The van der Waals surface area contributed by atoms with Gasteiger partial charge in [0.15, 0.2) is 0 Å². The van der Waals surface area contributed by atoms with E-state index in [1.807, 2.05) is 24.5 Å². The third-order valence-corrected chi connectivity index (χ3v) is 5.30. The SMILES string of the molecule is c1ccc(-c2nc(CN3CCNCC3c3cccnc3)cs2)cc1. The maximum Gasteiger partial charge on any atom is 0.123 e. The van der Waals surface area contributed by atoms with Crippen LogP contribution in [0.5, 0.6) is 0 Å². The van der Waals surface area contributed by atoms with Gasteiger partial charge in [-0.1, -0.05) is 36.4 Å². The first-order chi connectivity index (χ1) is 11.9. The van der Waals surface area contributed by atoms with Gasteiger partial charge in [0.1, 0.15) is 5.01 Å². The summed E-state index contributed by atoms with van der Waals surface area (Å²) in [5.74, 6) is 0. The van der Waals surface area contributed by atoms with Crippen molar-refractivity contribution in [1.82, 2.24) is 20.2 Å². The van der Waals surface area contributed by atoms with Crippen molar-refractivity contribution in [1.29, 1.82) is 0 Å². The highest BCUT2D eigenvalue weighted by Gasteiger charge is 2.24. The van der Waals surface area contributed by atoms with Crippen LogP contribution in [0.15, 0.2) is 60.2 Å². The van der Waals surface area contributed by atoms with Gasteiger partial charge in [-0.25, -0.2) is 4.98 Å². The Kier molecular flexibility index (Phi) is 4.64. The van der Waals surface area contributed by atoms with E-state index in [4.69, 9.17) is 4.98 Å². The van der Waals surface area contributed by atoms with Gasteiger partial charge in [-0.05, 0) is 11.6 Å². The van der Waals surface area contributed by atoms with E-state index < -0.39 is 0 Å². The Morgan fingerprint density at radius 1 is 1.17 bits per heavy atom. The summed E-state index contributed by atoms with van der Waals surface area (Å²) in [4.78, 5) is 11.6. The third-order valence-electron chi connectivity index (χ3n) is 4.36. The number of benzene rings is 1.